The highest BCUT2D eigenvalue weighted by Crippen LogP contribution is 2.17. The fourth-order valence-corrected chi connectivity index (χ4v) is 2.11. The van der Waals surface area contributed by atoms with Crippen molar-refractivity contribution in [3.05, 3.63) is 0 Å². The first-order chi connectivity index (χ1) is 8.38. The zero-order chi connectivity index (χ0) is 13.7. The summed E-state index contributed by atoms with van der Waals surface area (Å²) >= 11 is 0. The van der Waals surface area contributed by atoms with Crippen LogP contribution in [0.15, 0.2) is 0 Å². The Morgan fingerprint density at radius 3 is 2.61 bits per heavy atom. The van der Waals surface area contributed by atoms with Crippen molar-refractivity contribution in [2.24, 2.45) is 11.7 Å². The SMILES string of the molecule is CN1CCC(CC(=O)N[C@@H](CC(N)=O)C(=O)O)C1. The van der Waals surface area contributed by atoms with Gasteiger partial charge in [0, 0.05) is 13.0 Å². The number of amides is 2. The van der Waals surface area contributed by atoms with Crippen LogP contribution in [0.2, 0.25) is 0 Å². The second-order valence-electron chi connectivity index (χ2n) is 4.75. The van der Waals surface area contributed by atoms with Gasteiger partial charge >= 0.3 is 5.97 Å². The van der Waals surface area contributed by atoms with Crippen molar-refractivity contribution in [2.45, 2.75) is 25.3 Å². The van der Waals surface area contributed by atoms with E-state index in [1.165, 1.54) is 0 Å². The summed E-state index contributed by atoms with van der Waals surface area (Å²) in [5, 5.41) is 11.2. The lowest BCUT2D eigenvalue weighted by Gasteiger charge is -2.15. The quantitative estimate of drug-likeness (QED) is 0.551. The number of carbonyl (C=O) groups excluding carboxylic acids is 2. The average molecular weight is 257 g/mol. The lowest BCUT2D eigenvalue weighted by atomic mass is 10.0. The number of aliphatic carboxylic acids is 1. The summed E-state index contributed by atoms with van der Waals surface area (Å²) in [5.74, 6) is -2.09. The van der Waals surface area contributed by atoms with E-state index < -0.39 is 17.9 Å². The number of rotatable bonds is 6. The zero-order valence-corrected chi connectivity index (χ0v) is 10.4. The molecule has 7 nitrogen and oxygen atoms in total. The highest BCUT2D eigenvalue weighted by molar-refractivity contribution is 5.88. The number of likely N-dealkylation sites (tertiary alicyclic amines) is 1. The average Bonchev–Trinajstić information content (AvgIpc) is 2.62. The zero-order valence-electron chi connectivity index (χ0n) is 10.4. The number of hydrogen-bond acceptors (Lipinski definition) is 4. The third-order valence-corrected chi connectivity index (χ3v) is 3.00. The molecule has 102 valence electrons. The first-order valence-electron chi connectivity index (χ1n) is 5.87. The second-order valence-corrected chi connectivity index (χ2v) is 4.75. The van der Waals surface area contributed by atoms with E-state index in [0.29, 0.717) is 0 Å². The Bertz CT molecular complexity index is 345. The molecule has 2 atom stereocenters. The monoisotopic (exact) mass is 257 g/mol. The summed E-state index contributed by atoms with van der Waals surface area (Å²) in [4.78, 5) is 35.3. The smallest absolute Gasteiger partial charge is 0.326 e. The highest BCUT2D eigenvalue weighted by Gasteiger charge is 2.26. The predicted molar refractivity (Wildman–Crippen MR) is 63.6 cm³/mol. The molecule has 1 saturated heterocycles. The Labute approximate surface area is 105 Å². The largest absolute Gasteiger partial charge is 0.480 e. The van der Waals surface area contributed by atoms with Gasteiger partial charge in [0.25, 0.3) is 0 Å². The van der Waals surface area contributed by atoms with Gasteiger partial charge in [0.1, 0.15) is 6.04 Å². The van der Waals surface area contributed by atoms with Gasteiger partial charge in [-0.3, -0.25) is 9.59 Å². The lowest BCUT2D eigenvalue weighted by Crippen LogP contribution is -2.43. The van der Waals surface area contributed by atoms with E-state index in [4.69, 9.17) is 10.8 Å². The third-order valence-electron chi connectivity index (χ3n) is 3.00. The summed E-state index contributed by atoms with van der Waals surface area (Å²) < 4.78 is 0. The van der Waals surface area contributed by atoms with Gasteiger partial charge in [-0.05, 0) is 25.9 Å². The fourth-order valence-electron chi connectivity index (χ4n) is 2.11. The molecule has 7 heteroatoms. The van der Waals surface area contributed by atoms with Crippen molar-refractivity contribution in [3.8, 4) is 0 Å². The summed E-state index contributed by atoms with van der Waals surface area (Å²) in [6.07, 6.45) is 0.829. The van der Waals surface area contributed by atoms with E-state index in [-0.39, 0.29) is 24.7 Å². The van der Waals surface area contributed by atoms with Gasteiger partial charge in [0.2, 0.25) is 11.8 Å². The van der Waals surface area contributed by atoms with Crippen LogP contribution in [0.5, 0.6) is 0 Å². The van der Waals surface area contributed by atoms with Gasteiger partial charge in [-0.1, -0.05) is 0 Å². The molecule has 0 saturated carbocycles. The maximum atomic E-state index is 11.7. The molecule has 0 spiro atoms. The molecule has 0 radical (unpaired) electrons. The molecule has 1 heterocycles. The molecule has 2 amide bonds. The van der Waals surface area contributed by atoms with Gasteiger partial charge in [-0.2, -0.15) is 0 Å². The van der Waals surface area contributed by atoms with E-state index in [1.807, 2.05) is 7.05 Å². The molecular formula is C11H19N3O4. The molecule has 0 aromatic carbocycles. The van der Waals surface area contributed by atoms with Crippen LogP contribution in [-0.4, -0.2) is 54.0 Å². The molecule has 1 aliphatic heterocycles. The van der Waals surface area contributed by atoms with Crippen LogP contribution >= 0.6 is 0 Å². The molecule has 1 fully saturated rings. The minimum absolute atomic E-state index is 0.248. The normalized spacial score (nSPS) is 21.5. The Hall–Kier alpha value is -1.63. The fraction of sp³-hybridized carbons (Fsp3) is 0.727. The first-order valence-corrected chi connectivity index (χ1v) is 5.87. The Kier molecular flexibility index (Phi) is 5.08. The Morgan fingerprint density at radius 2 is 2.17 bits per heavy atom. The highest BCUT2D eigenvalue weighted by atomic mass is 16.4. The number of nitrogens with one attached hydrogen (secondary N) is 1. The van der Waals surface area contributed by atoms with E-state index in [0.717, 1.165) is 19.5 Å². The number of hydrogen-bond donors (Lipinski definition) is 3. The van der Waals surface area contributed by atoms with Crippen LogP contribution in [0.25, 0.3) is 0 Å². The van der Waals surface area contributed by atoms with Crippen LogP contribution in [-0.2, 0) is 14.4 Å². The van der Waals surface area contributed by atoms with Crippen LogP contribution in [0, 0.1) is 5.92 Å². The standard InChI is InChI=1S/C11H19N3O4/c1-14-3-2-7(6-14)4-10(16)13-8(11(17)18)5-9(12)15/h7-8H,2-6H2,1H3,(H2,12,15)(H,13,16)(H,17,18)/t7?,8-/m0/s1. The van der Waals surface area contributed by atoms with Gasteiger partial charge in [-0.25, -0.2) is 4.79 Å². The molecule has 18 heavy (non-hydrogen) atoms. The maximum Gasteiger partial charge on any atom is 0.326 e. The van der Waals surface area contributed by atoms with Crippen molar-refractivity contribution >= 4 is 17.8 Å². The third kappa shape index (κ3) is 4.70. The molecule has 1 rings (SSSR count). The first kappa shape index (κ1) is 14.4. The number of carboxylic acids is 1. The van der Waals surface area contributed by atoms with Crippen molar-refractivity contribution in [2.75, 3.05) is 20.1 Å². The summed E-state index contributed by atoms with van der Waals surface area (Å²) in [5.41, 5.74) is 4.93. The van der Waals surface area contributed by atoms with Crippen LogP contribution in [0.3, 0.4) is 0 Å². The molecule has 1 aliphatic rings. The molecule has 0 bridgehead atoms. The second kappa shape index (κ2) is 6.34. The summed E-state index contributed by atoms with van der Waals surface area (Å²) in [6, 6.07) is -1.23. The number of nitrogens with two attached hydrogens (primary N) is 1. The van der Waals surface area contributed by atoms with Crippen LogP contribution in [0.1, 0.15) is 19.3 Å². The van der Waals surface area contributed by atoms with Crippen molar-refractivity contribution < 1.29 is 19.5 Å². The summed E-state index contributed by atoms with van der Waals surface area (Å²) in [7, 11) is 1.98. The van der Waals surface area contributed by atoms with Gasteiger partial charge < -0.3 is 21.1 Å². The van der Waals surface area contributed by atoms with Gasteiger partial charge in [0.05, 0.1) is 6.42 Å². The molecule has 1 unspecified atom stereocenters. The topological polar surface area (TPSA) is 113 Å². The van der Waals surface area contributed by atoms with E-state index >= 15 is 0 Å². The lowest BCUT2D eigenvalue weighted by molar-refractivity contribution is -0.143. The van der Waals surface area contributed by atoms with Crippen molar-refractivity contribution in [1.29, 1.82) is 0 Å². The number of carboxylic acid groups (broad SMARTS) is 1. The van der Waals surface area contributed by atoms with E-state index in [2.05, 4.69) is 10.2 Å². The molecule has 4 N–H and O–H groups in total. The van der Waals surface area contributed by atoms with Gasteiger partial charge in [-0.15, -0.1) is 0 Å². The maximum absolute atomic E-state index is 11.7. The Balaban J connectivity index is 2.41. The number of nitrogens with zero attached hydrogens (tertiary/aromatic N) is 1. The predicted octanol–water partition coefficient (Wildman–Crippen LogP) is -1.23. The van der Waals surface area contributed by atoms with Gasteiger partial charge in [0.15, 0.2) is 0 Å². The van der Waals surface area contributed by atoms with E-state index in [1.54, 1.807) is 0 Å². The Morgan fingerprint density at radius 1 is 1.50 bits per heavy atom. The molecule has 0 aliphatic carbocycles. The van der Waals surface area contributed by atoms with Crippen LogP contribution < -0.4 is 11.1 Å². The molecule has 0 aromatic rings. The van der Waals surface area contributed by atoms with E-state index in [9.17, 15) is 14.4 Å². The van der Waals surface area contributed by atoms with Crippen molar-refractivity contribution in [3.63, 3.8) is 0 Å². The molecular weight excluding hydrogens is 238 g/mol. The minimum Gasteiger partial charge on any atom is -0.480 e. The van der Waals surface area contributed by atoms with Crippen molar-refractivity contribution in [1.82, 2.24) is 10.2 Å². The molecule has 0 aromatic heterocycles. The number of carbonyl (C=O) groups is 3. The number of primary amides is 1. The minimum atomic E-state index is -1.24. The summed E-state index contributed by atoms with van der Waals surface area (Å²) in [6.45, 7) is 1.78. The van der Waals surface area contributed by atoms with Crippen LogP contribution in [0.4, 0.5) is 0 Å².